The molecular weight excluding hydrogens is 286 g/mol. The Kier molecular flexibility index (Phi) is 5.20. The van der Waals surface area contributed by atoms with Crippen molar-refractivity contribution in [2.24, 2.45) is 10.9 Å². The van der Waals surface area contributed by atoms with E-state index in [0.29, 0.717) is 12.1 Å². The summed E-state index contributed by atoms with van der Waals surface area (Å²) in [7, 11) is 0. The van der Waals surface area contributed by atoms with Gasteiger partial charge in [0, 0.05) is 23.2 Å². The first-order chi connectivity index (χ1) is 10.1. The molecule has 4 nitrogen and oxygen atoms in total. The van der Waals surface area contributed by atoms with Gasteiger partial charge in [0.25, 0.3) is 0 Å². The van der Waals surface area contributed by atoms with Crippen molar-refractivity contribution < 1.29 is 5.21 Å². The molecule has 0 amide bonds. The highest BCUT2D eigenvalue weighted by Crippen LogP contribution is 2.22. The molecule has 0 bridgehead atoms. The average molecular weight is 304 g/mol. The molecular formula is C16H18ClN3O. The minimum Gasteiger partial charge on any atom is -0.409 e. The quantitative estimate of drug-likeness (QED) is 0.343. The average Bonchev–Trinajstić information content (AvgIpc) is 2.52. The SMILES string of the molecule is CC(NCc1cccc(C(N)=NO)c1)c1ccccc1Cl. The van der Waals surface area contributed by atoms with Crippen LogP contribution in [0.2, 0.25) is 5.02 Å². The predicted octanol–water partition coefficient (Wildman–Crippen LogP) is 3.29. The maximum atomic E-state index is 8.71. The lowest BCUT2D eigenvalue weighted by Crippen LogP contribution is -2.19. The molecule has 5 heteroatoms. The Morgan fingerprint density at radius 3 is 2.76 bits per heavy atom. The van der Waals surface area contributed by atoms with Crippen LogP contribution in [0.25, 0.3) is 0 Å². The molecule has 0 fully saturated rings. The van der Waals surface area contributed by atoms with E-state index in [0.717, 1.165) is 16.1 Å². The normalized spacial score (nSPS) is 13.1. The number of hydrogen-bond acceptors (Lipinski definition) is 3. The number of benzene rings is 2. The smallest absolute Gasteiger partial charge is 0.170 e. The van der Waals surface area contributed by atoms with Crippen LogP contribution in [0, 0.1) is 0 Å². The van der Waals surface area contributed by atoms with Gasteiger partial charge in [0.2, 0.25) is 0 Å². The molecule has 2 aromatic carbocycles. The zero-order chi connectivity index (χ0) is 15.2. The van der Waals surface area contributed by atoms with Crippen molar-refractivity contribution >= 4 is 17.4 Å². The first-order valence-electron chi connectivity index (χ1n) is 6.66. The van der Waals surface area contributed by atoms with E-state index in [9.17, 15) is 0 Å². The van der Waals surface area contributed by atoms with E-state index in [4.69, 9.17) is 22.5 Å². The summed E-state index contributed by atoms with van der Waals surface area (Å²) in [5.74, 6) is 0.107. The fourth-order valence-corrected chi connectivity index (χ4v) is 2.40. The Hall–Kier alpha value is -2.04. The van der Waals surface area contributed by atoms with Crippen LogP contribution in [0.1, 0.15) is 29.7 Å². The second kappa shape index (κ2) is 7.11. The Labute approximate surface area is 129 Å². The number of halogens is 1. The van der Waals surface area contributed by atoms with Gasteiger partial charge in [-0.05, 0) is 30.2 Å². The van der Waals surface area contributed by atoms with Crippen LogP contribution >= 0.6 is 11.6 Å². The van der Waals surface area contributed by atoms with E-state index in [-0.39, 0.29) is 11.9 Å². The second-order valence-electron chi connectivity index (χ2n) is 4.81. The topological polar surface area (TPSA) is 70.6 Å². The van der Waals surface area contributed by atoms with E-state index >= 15 is 0 Å². The number of nitrogens with two attached hydrogens (primary N) is 1. The van der Waals surface area contributed by atoms with Gasteiger partial charge in [-0.15, -0.1) is 0 Å². The Bertz CT molecular complexity index is 643. The number of rotatable bonds is 5. The fourth-order valence-electron chi connectivity index (χ4n) is 2.11. The van der Waals surface area contributed by atoms with Crippen LogP contribution in [0.15, 0.2) is 53.7 Å². The summed E-state index contributed by atoms with van der Waals surface area (Å²) < 4.78 is 0. The van der Waals surface area contributed by atoms with E-state index in [1.54, 1.807) is 6.07 Å². The third-order valence-electron chi connectivity index (χ3n) is 3.31. The lowest BCUT2D eigenvalue weighted by Gasteiger charge is -2.16. The largest absolute Gasteiger partial charge is 0.409 e. The monoisotopic (exact) mass is 303 g/mol. The molecule has 1 unspecified atom stereocenters. The summed E-state index contributed by atoms with van der Waals surface area (Å²) in [6.45, 7) is 2.73. The molecule has 0 aliphatic rings. The highest BCUT2D eigenvalue weighted by molar-refractivity contribution is 6.31. The Morgan fingerprint density at radius 1 is 1.29 bits per heavy atom. The molecule has 21 heavy (non-hydrogen) atoms. The first-order valence-corrected chi connectivity index (χ1v) is 7.04. The molecule has 4 N–H and O–H groups in total. The molecule has 0 aliphatic heterocycles. The van der Waals surface area contributed by atoms with Gasteiger partial charge in [-0.2, -0.15) is 0 Å². The van der Waals surface area contributed by atoms with Crippen molar-refractivity contribution in [2.45, 2.75) is 19.5 Å². The Balaban J connectivity index is 2.05. The summed E-state index contributed by atoms with van der Waals surface area (Å²) in [5, 5.41) is 15.9. The minimum absolute atomic E-state index is 0.107. The number of nitrogens with zero attached hydrogens (tertiary/aromatic N) is 1. The van der Waals surface area contributed by atoms with Crippen molar-refractivity contribution in [3.05, 3.63) is 70.2 Å². The van der Waals surface area contributed by atoms with Gasteiger partial charge in [0.15, 0.2) is 5.84 Å². The zero-order valence-corrected chi connectivity index (χ0v) is 12.5. The molecule has 0 radical (unpaired) electrons. The van der Waals surface area contributed by atoms with Crippen LogP contribution in [0.5, 0.6) is 0 Å². The van der Waals surface area contributed by atoms with Crippen LogP contribution in [0.4, 0.5) is 0 Å². The number of amidine groups is 1. The molecule has 0 aliphatic carbocycles. The molecule has 0 aromatic heterocycles. The van der Waals surface area contributed by atoms with Crippen LogP contribution in [-0.4, -0.2) is 11.0 Å². The minimum atomic E-state index is 0.107. The molecule has 0 heterocycles. The molecule has 1 atom stereocenters. The van der Waals surface area contributed by atoms with Crippen molar-refractivity contribution in [2.75, 3.05) is 0 Å². The molecule has 110 valence electrons. The van der Waals surface area contributed by atoms with E-state index in [1.165, 1.54) is 0 Å². The Morgan fingerprint density at radius 2 is 2.05 bits per heavy atom. The molecule has 0 saturated carbocycles. The summed E-state index contributed by atoms with van der Waals surface area (Å²) in [5.41, 5.74) is 8.40. The highest BCUT2D eigenvalue weighted by Gasteiger charge is 2.08. The van der Waals surface area contributed by atoms with E-state index in [1.807, 2.05) is 42.5 Å². The van der Waals surface area contributed by atoms with Gasteiger partial charge in [0.05, 0.1) is 0 Å². The highest BCUT2D eigenvalue weighted by atomic mass is 35.5. The van der Waals surface area contributed by atoms with Gasteiger partial charge >= 0.3 is 0 Å². The maximum Gasteiger partial charge on any atom is 0.170 e. The lowest BCUT2D eigenvalue weighted by atomic mass is 10.1. The lowest BCUT2D eigenvalue weighted by molar-refractivity contribution is 0.318. The number of oxime groups is 1. The van der Waals surface area contributed by atoms with Crippen molar-refractivity contribution in [3.63, 3.8) is 0 Å². The first kappa shape index (κ1) is 15.4. The summed E-state index contributed by atoms with van der Waals surface area (Å²) in [4.78, 5) is 0. The summed E-state index contributed by atoms with van der Waals surface area (Å²) >= 11 is 6.19. The van der Waals surface area contributed by atoms with Gasteiger partial charge < -0.3 is 16.3 Å². The van der Waals surface area contributed by atoms with Gasteiger partial charge in [-0.1, -0.05) is 53.2 Å². The van der Waals surface area contributed by atoms with Gasteiger partial charge in [-0.25, -0.2) is 0 Å². The van der Waals surface area contributed by atoms with E-state index in [2.05, 4.69) is 17.4 Å². The van der Waals surface area contributed by atoms with Crippen molar-refractivity contribution in [1.82, 2.24) is 5.32 Å². The number of hydrogen-bond donors (Lipinski definition) is 3. The van der Waals surface area contributed by atoms with Gasteiger partial charge in [-0.3, -0.25) is 0 Å². The van der Waals surface area contributed by atoms with E-state index < -0.39 is 0 Å². The predicted molar refractivity (Wildman–Crippen MR) is 85.7 cm³/mol. The number of nitrogens with one attached hydrogen (secondary N) is 1. The molecule has 2 aromatic rings. The maximum absolute atomic E-state index is 8.71. The van der Waals surface area contributed by atoms with Crippen LogP contribution < -0.4 is 11.1 Å². The van der Waals surface area contributed by atoms with Gasteiger partial charge in [0.1, 0.15) is 0 Å². The third kappa shape index (κ3) is 3.97. The standard InChI is InChI=1S/C16H18ClN3O/c1-11(14-7-2-3-8-15(14)17)19-10-12-5-4-6-13(9-12)16(18)20-21/h2-9,11,19,21H,10H2,1H3,(H2,18,20). The van der Waals surface area contributed by atoms with Crippen LogP contribution in [0.3, 0.4) is 0 Å². The summed E-state index contributed by atoms with van der Waals surface area (Å²) in [6.07, 6.45) is 0. The van der Waals surface area contributed by atoms with Crippen molar-refractivity contribution in [3.8, 4) is 0 Å². The second-order valence-corrected chi connectivity index (χ2v) is 5.22. The molecule has 2 rings (SSSR count). The summed E-state index contributed by atoms with van der Waals surface area (Å²) in [6, 6.07) is 15.5. The third-order valence-corrected chi connectivity index (χ3v) is 3.66. The van der Waals surface area contributed by atoms with Crippen molar-refractivity contribution in [1.29, 1.82) is 0 Å². The fraction of sp³-hybridized carbons (Fsp3) is 0.188. The molecule has 0 spiro atoms. The molecule has 0 saturated heterocycles. The van der Waals surface area contributed by atoms with Crippen LogP contribution in [-0.2, 0) is 6.54 Å². The zero-order valence-electron chi connectivity index (χ0n) is 11.8.